The standard InChI is InChI=1S/C67H130O6/c1-7-63(6)55-49-43-37-31-25-19-15-16-21-27-33-39-45-51-57-66(69)72-60-64(73-67(70)58-52-46-40-34-28-22-14-10-12-18-24-30-36-42-48-54-62(4)5)59-71-65(68)56-50-44-38-32-26-20-13-9-8-11-17-23-29-35-41-47-53-61(2)3/h61-64H,7-60H2,1-6H3/t63?,64-/m0/s1. The highest BCUT2D eigenvalue weighted by Gasteiger charge is 2.20. The zero-order chi connectivity index (χ0) is 53.3. The molecule has 1 unspecified atom stereocenters. The summed E-state index contributed by atoms with van der Waals surface area (Å²) in [7, 11) is 0. The highest BCUT2D eigenvalue weighted by molar-refractivity contribution is 5.71. The molecule has 6 nitrogen and oxygen atoms in total. The molecule has 0 aliphatic rings. The SMILES string of the molecule is CCC(C)CCCCCCCCCCCCCCCCC(=O)OC[C@H](COC(=O)CCCCCCCCCCCCCCCCCCC(C)C)OC(=O)CCCCCCCCCCCCCCCCCC(C)C. The third kappa shape index (κ3) is 59.5. The van der Waals surface area contributed by atoms with E-state index in [1.54, 1.807) is 0 Å². The lowest BCUT2D eigenvalue weighted by Crippen LogP contribution is -2.30. The van der Waals surface area contributed by atoms with Crippen LogP contribution in [0.5, 0.6) is 0 Å². The van der Waals surface area contributed by atoms with Crippen LogP contribution >= 0.6 is 0 Å². The molecule has 0 N–H and O–H groups in total. The number of rotatable bonds is 60. The van der Waals surface area contributed by atoms with Crippen molar-refractivity contribution in [1.82, 2.24) is 0 Å². The Hall–Kier alpha value is -1.59. The molecule has 0 aromatic carbocycles. The Kier molecular flexibility index (Phi) is 56.8. The zero-order valence-corrected chi connectivity index (χ0v) is 50.4. The highest BCUT2D eigenvalue weighted by Crippen LogP contribution is 2.20. The van der Waals surface area contributed by atoms with Gasteiger partial charge in [-0.1, -0.05) is 337 Å². The van der Waals surface area contributed by atoms with Gasteiger partial charge in [0.25, 0.3) is 0 Å². The average Bonchev–Trinajstić information content (AvgIpc) is 3.37. The quantitative estimate of drug-likeness (QED) is 0.0343. The van der Waals surface area contributed by atoms with Gasteiger partial charge in [-0.15, -0.1) is 0 Å². The number of ether oxygens (including phenoxy) is 3. The lowest BCUT2D eigenvalue weighted by Gasteiger charge is -2.18. The molecule has 0 saturated carbocycles. The predicted octanol–water partition coefficient (Wildman–Crippen LogP) is 22.2. The van der Waals surface area contributed by atoms with Crippen LogP contribution in [0.4, 0.5) is 0 Å². The summed E-state index contributed by atoms with van der Waals surface area (Å²) in [5, 5.41) is 0. The van der Waals surface area contributed by atoms with E-state index in [1.165, 1.54) is 257 Å². The van der Waals surface area contributed by atoms with Crippen molar-refractivity contribution in [1.29, 1.82) is 0 Å². The van der Waals surface area contributed by atoms with Gasteiger partial charge in [0.2, 0.25) is 0 Å². The number of hydrogen-bond acceptors (Lipinski definition) is 6. The molecule has 2 atom stereocenters. The van der Waals surface area contributed by atoms with Crippen LogP contribution in [0.1, 0.15) is 375 Å². The molecule has 0 spiro atoms. The van der Waals surface area contributed by atoms with Crippen LogP contribution < -0.4 is 0 Å². The van der Waals surface area contributed by atoms with Gasteiger partial charge in [0.1, 0.15) is 13.2 Å². The molecule has 0 aromatic rings. The Morgan fingerprint density at radius 3 is 0.712 bits per heavy atom. The van der Waals surface area contributed by atoms with E-state index in [4.69, 9.17) is 14.2 Å². The summed E-state index contributed by atoms with van der Waals surface area (Å²) in [6.45, 7) is 13.9. The van der Waals surface area contributed by atoms with Crippen molar-refractivity contribution in [2.75, 3.05) is 13.2 Å². The first-order valence-corrected chi connectivity index (χ1v) is 33.1. The van der Waals surface area contributed by atoms with Gasteiger partial charge in [-0.25, -0.2) is 0 Å². The molecular weight excluding hydrogens is 901 g/mol. The van der Waals surface area contributed by atoms with Crippen molar-refractivity contribution < 1.29 is 28.6 Å². The van der Waals surface area contributed by atoms with E-state index in [-0.39, 0.29) is 31.1 Å². The summed E-state index contributed by atoms with van der Waals surface area (Å²) in [6, 6.07) is 0. The van der Waals surface area contributed by atoms with Gasteiger partial charge < -0.3 is 14.2 Å². The lowest BCUT2D eigenvalue weighted by molar-refractivity contribution is -0.167. The summed E-state index contributed by atoms with van der Waals surface area (Å²) < 4.78 is 17.0. The Balaban J connectivity index is 4.29. The molecule has 0 aliphatic heterocycles. The fraction of sp³-hybridized carbons (Fsp3) is 0.955. The fourth-order valence-electron chi connectivity index (χ4n) is 10.4. The van der Waals surface area contributed by atoms with Crippen LogP contribution in [0.25, 0.3) is 0 Å². The Morgan fingerprint density at radius 1 is 0.274 bits per heavy atom. The largest absolute Gasteiger partial charge is 0.462 e. The summed E-state index contributed by atoms with van der Waals surface area (Å²) in [4.78, 5) is 38.4. The minimum atomic E-state index is -0.765. The molecule has 434 valence electrons. The fourth-order valence-corrected chi connectivity index (χ4v) is 10.4. The van der Waals surface area contributed by atoms with E-state index in [0.29, 0.717) is 19.3 Å². The average molecular weight is 1030 g/mol. The highest BCUT2D eigenvalue weighted by atomic mass is 16.6. The van der Waals surface area contributed by atoms with Gasteiger partial charge in [-0.2, -0.15) is 0 Å². The van der Waals surface area contributed by atoms with E-state index >= 15 is 0 Å². The van der Waals surface area contributed by atoms with Gasteiger partial charge in [0.15, 0.2) is 6.10 Å². The number of carbonyl (C=O) groups is 3. The molecule has 0 heterocycles. The summed E-state index contributed by atoms with van der Waals surface area (Å²) in [6.07, 6.45) is 63.8. The minimum absolute atomic E-state index is 0.0622. The van der Waals surface area contributed by atoms with Crippen LogP contribution in [0, 0.1) is 17.8 Å². The normalized spacial score (nSPS) is 12.5. The van der Waals surface area contributed by atoms with Crippen molar-refractivity contribution in [3.63, 3.8) is 0 Å². The molecule has 0 bridgehead atoms. The Labute approximate surface area is 457 Å². The van der Waals surface area contributed by atoms with Gasteiger partial charge in [0.05, 0.1) is 0 Å². The number of esters is 3. The second kappa shape index (κ2) is 58.1. The molecule has 0 fully saturated rings. The van der Waals surface area contributed by atoms with Crippen molar-refractivity contribution in [3.05, 3.63) is 0 Å². The van der Waals surface area contributed by atoms with Gasteiger partial charge in [0, 0.05) is 19.3 Å². The molecule has 0 radical (unpaired) electrons. The number of unbranched alkanes of at least 4 members (excludes halogenated alkanes) is 42. The predicted molar refractivity (Wildman–Crippen MR) is 316 cm³/mol. The van der Waals surface area contributed by atoms with E-state index in [2.05, 4.69) is 41.5 Å². The molecular formula is C67H130O6. The van der Waals surface area contributed by atoms with Gasteiger partial charge >= 0.3 is 17.9 Å². The van der Waals surface area contributed by atoms with E-state index < -0.39 is 6.10 Å². The van der Waals surface area contributed by atoms with Gasteiger partial charge in [-0.3, -0.25) is 14.4 Å². The van der Waals surface area contributed by atoms with Crippen molar-refractivity contribution in [3.8, 4) is 0 Å². The van der Waals surface area contributed by atoms with E-state index in [1.807, 2.05) is 0 Å². The minimum Gasteiger partial charge on any atom is -0.462 e. The first-order chi connectivity index (χ1) is 35.6. The molecule has 0 aliphatic carbocycles. The first kappa shape index (κ1) is 71.4. The molecule has 0 rings (SSSR count). The monoisotopic (exact) mass is 1030 g/mol. The first-order valence-electron chi connectivity index (χ1n) is 33.1. The summed E-state index contributed by atoms with van der Waals surface area (Å²) >= 11 is 0. The van der Waals surface area contributed by atoms with Crippen molar-refractivity contribution in [2.45, 2.75) is 382 Å². The molecule has 0 amide bonds. The van der Waals surface area contributed by atoms with E-state index in [0.717, 1.165) is 75.5 Å². The third-order valence-electron chi connectivity index (χ3n) is 15.8. The van der Waals surface area contributed by atoms with Gasteiger partial charge in [-0.05, 0) is 37.0 Å². The smallest absolute Gasteiger partial charge is 0.306 e. The molecule has 0 saturated heterocycles. The maximum atomic E-state index is 12.9. The van der Waals surface area contributed by atoms with Crippen LogP contribution in [0.15, 0.2) is 0 Å². The van der Waals surface area contributed by atoms with Crippen LogP contribution in [-0.4, -0.2) is 37.2 Å². The molecule has 0 aromatic heterocycles. The second-order valence-electron chi connectivity index (χ2n) is 24.3. The lowest BCUT2D eigenvalue weighted by atomic mass is 9.99. The number of carbonyl (C=O) groups excluding carboxylic acids is 3. The van der Waals surface area contributed by atoms with Crippen LogP contribution in [-0.2, 0) is 28.6 Å². The topological polar surface area (TPSA) is 78.9 Å². The zero-order valence-electron chi connectivity index (χ0n) is 50.4. The van der Waals surface area contributed by atoms with Crippen LogP contribution in [0.2, 0.25) is 0 Å². The van der Waals surface area contributed by atoms with Crippen molar-refractivity contribution >= 4 is 17.9 Å². The molecule has 6 heteroatoms. The maximum absolute atomic E-state index is 12.9. The number of hydrogen-bond donors (Lipinski definition) is 0. The third-order valence-corrected chi connectivity index (χ3v) is 15.8. The Morgan fingerprint density at radius 2 is 0.479 bits per heavy atom. The van der Waals surface area contributed by atoms with E-state index in [9.17, 15) is 14.4 Å². The Bertz CT molecular complexity index is 1130. The van der Waals surface area contributed by atoms with Crippen molar-refractivity contribution in [2.24, 2.45) is 17.8 Å². The molecule has 73 heavy (non-hydrogen) atoms. The summed E-state index contributed by atoms with van der Waals surface area (Å²) in [5.74, 6) is 1.76. The maximum Gasteiger partial charge on any atom is 0.306 e. The second-order valence-corrected chi connectivity index (χ2v) is 24.3. The summed E-state index contributed by atoms with van der Waals surface area (Å²) in [5.41, 5.74) is 0. The van der Waals surface area contributed by atoms with Crippen LogP contribution in [0.3, 0.4) is 0 Å².